The number of fused-ring (bicyclic) bond motifs is 1. The summed E-state index contributed by atoms with van der Waals surface area (Å²) in [5.41, 5.74) is 2.39. The van der Waals surface area contributed by atoms with Crippen LogP contribution in [0.1, 0.15) is 18.0 Å². The van der Waals surface area contributed by atoms with Gasteiger partial charge in [-0.2, -0.15) is 4.98 Å². The van der Waals surface area contributed by atoms with E-state index in [0.29, 0.717) is 23.2 Å². The number of benzene rings is 2. The number of carbonyl (C=O) groups excluding carboxylic acids is 2. The maximum atomic E-state index is 12.6. The molecule has 4 rings (SSSR count). The molecule has 0 aliphatic carbocycles. The molecular weight excluding hydrogens is 358 g/mol. The van der Waals surface area contributed by atoms with Crippen LogP contribution in [0.25, 0.3) is 11.4 Å². The Hall–Kier alpha value is -3.68. The summed E-state index contributed by atoms with van der Waals surface area (Å²) in [5, 5.41) is 9.92. The third-order valence-corrected chi connectivity index (χ3v) is 4.50. The van der Waals surface area contributed by atoms with E-state index in [0.717, 1.165) is 11.1 Å². The van der Waals surface area contributed by atoms with Gasteiger partial charge in [-0.15, -0.1) is 5.10 Å². The highest BCUT2D eigenvalue weighted by molar-refractivity contribution is 6.01. The van der Waals surface area contributed by atoms with Crippen LogP contribution in [-0.2, 0) is 9.59 Å². The van der Waals surface area contributed by atoms with Crippen molar-refractivity contribution < 1.29 is 14.3 Å². The zero-order valence-corrected chi connectivity index (χ0v) is 15.5. The molecule has 2 aromatic carbocycles. The van der Waals surface area contributed by atoms with Crippen LogP contribution in [0.15, 0.2) is 48.5 Å². The van der Waals surface area contributed by atoms with Gasteiger partial charge in [0.15, 0.2) is 5.82 Å². The zero-order chi connectivity index (χ0) is 19.7. The molecule has 2 heterocycles. The molecule has 2 N–H and O–H groups in total. The fourth-order valence-electron chi connectivity index (χ4n) is 3.12. The third-order valence-electron chi connectivity index (χ3n) is 4.50. The van der Waals surface area contributed by atoms with Crippen LogP contribution < -0.4 is 15.4 Å². The summed E-state index contributed by atoms with van der Waals surface area (Å²) >= 11 is 0. The Balaban J connectivity index is 1.53. The van der Waals surface area contributed by atoms with E-state index in [1.165, 1.54) is 11.8 Å². The highest BCUT2D eigenvalue weighted by atomic mass is 16.5. The van der Waals surface area contributed by atoms with E-state index in [2.05, 4.69) is 20.7 Å². The molecule has 0 saturated heterocycles. The molecule has 8 nitrogen and oxygen atoms in total. The molecule has 2 amide bonds. The molecule has 0 bridgehead atoms. The maximum absolute atomic E-state index is 12.6. The Morgan fingerprint density at radius 3 is 2.79 bits per heavy atom. The van der Waals surface area contributed by atoms with Crippen molar-refractivity contribution in [2.45, 2.75) is 19.4 Å². The van der Waals surface area contributed by atoms with E-state index < -0.39 is 6.04 Å². The average molecular weight is 377 g/mol. The molecule has 1 aromatic heterocycles. The molecule has 0 fully saturated rings. The molecule has 1 aliphatic heterocycles. The van der Waals surface area contributed by atoms with Gasteiger partial charge in [0.05, 0.1) is 19.2 Å². The van der Waals surface area contributed by atoms with Crippen LogP contribution >= 0.6 is 0 Å². The predicted octanol–water partition coefficient (Wildman–Crippen LogP) is 2.78. The van der Waals surface area contributed by atoms with E-state index >= 15 is 0 Å². The average Bonchev–Trinajstić information content (AvgIpc) is 3.21. The number of aromatic nitrogens is 3. The Morgan fingerprint density at radius 1 is 1.25 bits per heavy atom. The number of anilines is 2. The van der Waals surface area contributed by atoms with Crippen LogP contribution in [0.2, 0.25) is 0 Å². The summed E-state index contributed by atoms with van der Waals surface area (Å²) in [4.78, 5) is 29.2. The monoisotopic (exact) mass is 377 g/mol. The molecule has 0 saturated carbocycles. The van der Waals surface area contributed by atoms with Gasteiger partial charge in [-0.3, -0.25) is 14.9 Å². The van der Waals surface area contributed by atoms with Crippen molar-refractivity contribution >= 4 is 23.5 Å². The van der Waals surface area contributed by atoms with Crippen molar-refractivity contribution in [3.8, 4) is 17.1 Å². The summed E-state index contributed by atoms with van der Waals surface area (Å²) in [5.74, 6) is 0.786. The molecule has 28 heavy (non-hydrogen) atoms. The van der Waals surface area contributed by atoms with Crippen LogP contribution in [-0.4, -0.2) is 33.7 Å². The zero-order valence-electron chi connectivity index (χ0n) is 15.5. The number of nitrogens with zero attached hydrogens (tertiary/aromatic N) is 3. The molecule has 142 valence electrons. The van der Waals surface area contributed by atoms with Gasteiger partial charge in [-0.25, -0.2) is 4.68 Å². The smallest absolute Gasteiger partial charge is 0.252 e. The molecule has 1 aliphatic rings. The van der Waals surface area contributed by atoms with E-state index in [1.807, 2.05) is 49.4 Å². The molecule has 0 radical (unpaired) electrons. The van der Waals surface area contributed by atoms with Crippen molar-refractivity contribution in [1.29, 1.82) is 0 Å². The Bertz CT molecular complexity index is 1050. The first-order chi connectivity index (χ1) is 13.5. The van der Waals surface area contributed by atoms with E-state index in [-0.39, 0.29) is 18.2 Å². The van der Waals surface area contributed by atoms with Crippen LogP contribution in [0.5, 0.6) is 5.75 Å². The Labute approximate surface area is 161 Å². The van der Waals surface area contributed by atoms with Crippen molar-refractivity contribution in [3.05, 3.63) is 54.1 Å². The second-order valence-corrected chi connectivity index (χ2v) is 6.53. The minimum absolute atomic E-state index is 0.0620. The minimum Gasteiger partial charge on any atom is -0.495 e. The molecular formula is C20H19N5O3. The molecule has 1 atom stereocenters. The topological polar surface area (TPSA) is 98.1 Å². The number of rotatable bonds is 5. The lowest BCUT2D eigenvalue weighted by atomic mass is 10.1. The second kappa shape index (κ2) is 7.15. The number of methoxy groups -OCH3 is 1. The predicted molar refractivity (Wildman–Crippen MR) is 104 cm³/mol. The number of hydrogen-bond acceptors (Lipinski definition) is 5. The van der Waals surface area contributed by atoms with E-state index in [4.69, 9.17) is 4.74 Å². The fourth-order valence-corrected chi connectivity index (χ4v) is 3.12. The molecule has 0 spiro atoms. The summed E-state index contributed by atoms with van der Waals surface area (Å²) < 4.78 is 6.75. The number of ether oxygens (including phenoxy) is 1. The minimum atomic E-state index is -0.754. The highest BCUT2D eigenvalue weighted by Crippen LogP contribution is 2.30. The Kier molecular flexibility index (Phi) is 4.52. The van der Waals surface area contributed by atoms with Crippen molar-refractivity contribution in [3.63, 3.8) is 0 Å². The number of aryl methyl sites for hydroxylation is 1. The van der Waals surface area contributed by atoms with Crippen molar-refractivity contribution in [2.24, 2.45) is 0 Å². The van der Waals surface area contributed by atoms with Gasteiger partial charge < -0.3 is 10.1 Å². The number of amides is 2. The van der Waals surface area contributed by atoms with E-state index in [9.17, 15) is 9.59 Å². The molecule has 0 unspecified atom stereocenters. The van der Waals surface area contributed by atoms with Gasteiger partial charge in [-0.05, 0) is 24.6 Å². The Morgan fingerprint density at radius 2 is 2.04 bits per heavy atom. The third kappa shape index (κ3) is 3.32. The summed E-state index contributed by atoms with van der Waals surface area (Å²) in [6.45, 7) is 1.92. The summed E-state index contributed by atoms with van der Waals surface area (Å²) in [6, 6.07) is 14.2. The van der Waals surface area contributed by atoms with Crippen molar-refractivity contribution in [1.82, 2.24) is 14.8 Å². The first-order valence-electron chi connectivity index (χ1n) is 8.82. The van der Waals surface area contributed by atoms with Crippen LogP contribution in [0.4, 0.5) is 11.6 Å². The van der Waals surface area contributed by atoms with Gasteiger partial charge in [0, 0.05) is 5.56 Å². The van der Waals surface area contributed by atoms with Crippen LogP contribution in [0.3, 0.4) is 0 Å². The van der Waals surface area contributed by atoms with E-state index in [1.54, 1.807) is 6.07 Å². The van der Waals surface area contributed by atoms with Gasteiger partial charge in [0.25, 0.3) is 5.91 Å². The van der Waals surface area contributed by atoms with Crippen molar-refractivity contribution in [2.75, 3.05) is 17.7 Å². The standard InChI is InChI=1S/C20H19N5O3/c1-12-8-9-16(28-2)14(10-12)21-17(26)11-15-19(27)23-20-22-18(24-25(15)20)13-6-4-3-5-7-13/h3-10,15H,11H2,1-2H3,(H,21,26)(H,22,23,24,27)/t15-/m1/s1. The lowest BCUT2D eigenvalue weighted by Gasteiger charge is -2.13. The maximum Gasteiger partial charge on any atom is 0.252 e. The first-order valence-corrected chi connectivity index (χ1v) is 8.82. The van der Waals surface area contributed by atoms with Gasteiger partial charge in [-0.1, -0.05) is 36.4 Å². The number of nitrogens with one attached hydrogen (secondary N) is 2. The lowest BCUT2D eigenvalue weighted by Crippen LogP contribution is -2.24. The summed E-state index contributed by atoms with van der Waals surface area (Å²) in [6.07, 6.45) is -0.0620. The van der Waals surface area contributed by atoms with Gasteiger partial charge in [0.2, 0.25) is 11.9 Å². The summed E-state index contributed by atoms with van der Waals surface area (Å²) in [7, 11) is 1.54. The lowest BCUT2D eigenvalue weighted by molar-refractivity contribution is -0.123. The molecule has 3 aromatic rings. The second-order valence-electron chi connectivity index (χ2n) is 6.53. The quantitative estimate of drug-likeness (QED) is 0.712. The molecule has 8 heteroatoms. The normalized spacial score (nSPS) is 15.1. The van der Waals surface area contributed by atoms with Crippen LogP contribution in [0, 0.1) is 6.92 Å². The van der Waals surface area contributed by atoms with Gasteiger partial charge in [0.1, 0.15) is 11.8 Å². The largest absolute Gasteiger partial charge is 0.495 e. The number of carbonyl (C=O) groups is 2. The SMILES string of the molecule is COc1ccc(C)cc1NC(=O)C[C@@H]1C(=O)Nc2nc(-c3ccccc3)nn21. The highest BCUT2D eigenvalue weighted by Gasteiger charge is 2.35. The fraction of sp³-hybridized carbons (Fsp3) is 0.200. The number of hydrogen-bond donors (Lipinski definition) is 2. The first kappa shape index (κ1) is 17.7. The van der Waals surface area contributed by atoms with Gasteiger partial charge >= 0.3 is 0 Å².